The zero-order chi connectivity index (χ0) is 17.0. The number of halogens is 3. The van der Waals surface area contributed by atoms with Gasteiger partial charge in [0.1, 0.15) is 11.2 Å². The van der Waals surface area contributed by atoms with E-state index in [0.29, 0.717) is 18.4 Å². The van der Waals surface area contributed by atoms with Crippen LogP contribution in [0.5, 0.6) is 0 Å². The molecule has 3 nitrogen and oxygen atoms in total. The summed E-state index contributed by atoms with van der Waals surface area (Å²) in [6.45, 7) is 2.08. The van der Waals surface area contributed by atoms with Gasteiger partial charge in [0.05, 0.1) is 17.7 Å². The summed E-state index contributed by atoms with van der Waals surface area (Å²) in [6, 6.07) is 5.11. The molecule has 122 valence electrons. The van der Waals surface area contributed by atoms with E-state index in [2.05, 4.69) is 0 Å². The standard InChI is InChI=1S/C17H17F3N2O/c1-16(17(2,19)20)8-13-3-4-14(22(13)15(16)23)11-5-10(9-21)6-12(18)7-11/h5-7,13-14H,3-4,8H2,1-2H3/t13-,14-,16+/m1/s1. The quantitative estimate of drug-likeness (QED) is 0.831. The molecule has 0 saturated carbocycles. The fourth-order valence-corrected chi connectivity index (χ4v) is 3.80. The maximum Gasteiger partial charge on any atom is 0.259 e. The first-order chi connectivity index (χ1) is 10.7. The second-order valence-electron chi connectivity index (χ2n) is 6.77. The van der Waals surface area contributed by atoms with Crippen LogP contribution >= 0.6 is 0 Å². The van der Waals surface area contributed by atoms with Crippen LogP contribution in [0.15, 0.2) is 18.2 Å². The summed E-state index contributed by atoms with van der Waals surface area (Å²) in [7, 11) is 0. The van der Waals surface area contributed by atoms with E-state index in [1.807, 2.05) is 6.07 Å². The lowest BCUT2D eigenvalue weighted by Crippen LogP contribution is -2.44. The average Bonchev–Trinajstić information content (AvgIpc) is 2.97. The number of alkyl halides is 2. The third-order valence-corrected chi connectivity index (χ3v) is 5.26. The maximum atomic E-state index is 13.9. The molecule has 0 bridgehead atoms. The Morgan fingerprint density at radius 1 is 1.35 bits per heavy atom. The van der Waals surface area contributed by atoms with Crippen molar-refractivity contribution in [2.45, 2.75) is 51.1 Å². The van der Waals surface area contributed by atoms with E-state index >= 15 is 0 Å². The number of nitrogens with zero attached hydrogens (tertiary/aromatic N) is 2. The fourth-order valence-electron chi connectivity index (χ4n) is 3.80. The van der Waals surface area contributed by atoms with Crippen molar-refractivity contribution in [2.75, 3.05) is 0 Å². The van der Waals surface area contributed by atoms with Crippen LogP contribution in [0.4, 0.5) is 13.2 Å². The number of benzene rings is 1. The number of hydrogen-bond acceptors (Lipinski definition) is 2. The molecule has 0 unspecified atom stereocenters. The third kappa shape index (κ3) is 2.30. The van der Waals surface area contributed by atoms with Crippen LogP contribution < -0.4 is 0 Å². The van der Waals surface area contributed by atoms with Crippen LogP contribution in [0, 0.1) is 22.6 Å². The second-order valence-corrected chi connectivity index (χ2v) is 6.77. The Kier molecular flexibility index (Phi) is 3.44. The number of fused-ring (bicyclic) bond motifs is 1. The SMILES string of the molecule is CC(F)(F)[C@@]1(C)C[C@H]2CC[C@H](c3cc(F)cc(C#N)c3)N2C1=O. The number of hydrogen-bond donors (Lipinski definition) is 0. The van der Waals surface area contributed by atoms with E-state index in [0.717, 1.165) is 13.0 Å². The van der Waals surface area contributed by atoms with E-state index in [1.54, 1.807) is 0 Å². The Hall–Kier alpha value is -2.03. The number of amides is 1. The summed E-state index contributed by atoms with van der Waals surface area (Å²) in [6.07, 6.45) is 1.31. The third-order valence-electron chi connectivity index (χ3n) is 5.26. The Morgan fingerprint density at radius 3 is 2.65 bits per heavy atom. The second kappa shape index (κ2) is 4.98. The molecule has 2 saturated heterocycles. The first kappa shape index (κ1) is 15.9. The molecule has 0 radical (unpaired) electrons. The molecule has 1 aromatic carbocycles. The van der Waals surface area contributed by atoms with Gasteiger partial charge >= 0.3 is 0 Å². The van der Waals surface area contributed by atoms with E-state index in [1.165, 1.54) is 24.0 Å². The zero-order valence-electron chi connectivity index (χ0n) is 12.9. The van der Waals surface area contributed by atoms with Crippen molar-refractivity contribution >= 4 is 5.91 Å². The van der Waals surface area contributed by atoms with Gasteiger partial charge in [-0.05, 0) is 49.9 Å². The van der Waals surface area contributed by atoms with Crippen LogP contribution in [-0.2, 0) is 4.79 Å². The summed E-state index contributed by atoms with van der Waals surface area (Å²) in [5.41, 5.74) is -1.05. The van der Waals surface area contributed by atoms with E-state index in [9.17, 15) is 18.0 Å². The monoisotopic (exact) mass is 322 g/mol. The van der Waals surface area contributed by atoms with Gasteiger partial charge in [-0.15, -0.1) is 0 Å². The molecule has 2 heterocycles. The highest BCUT2D eigenvalue weighted by atomic mass is 19.3. The lowest BCUT2D eigenvalue weighted by atomic mass is 9.80. The average molecular weight is 322 g/mol. The van der Waals surface area contributed by atoms with Crippen LogP contribution in [0.25, 0.3) is 0 Å². The summed E-state index contributed by atoms with van der Waals surface area (Å²) < 4.78 is 41.5. The highest BCUT2D eigenvalue weighted by Gasteiger charge is 2.62. The van der Waals surface area contributed by atoms with Gasteiger partial charge in [0.15, 0.2) is 0 Å². The first-order valence-electron chi connectivity index (χ1n) is 7.58. The number of nitriles is 1. The molecule has 1 amide bonds. The van der Waals surface area contributed by atoms with Gasteiger partial charge in [-0.3, -0.25) is 4.79 Å². The van der Waals surface area contributed by atoms with Crippen molar-refractivity contribution in [3.63, 3.8) is 0 Å². The van der Waals surface area contributed by atoms with Crippen LogP contribution in [-0.4, -0.2) is 22.8 Å². The van der Waals surface area contributed by atoms with Crippen molar-refractivity contribution < 1.29 is 18.0 Å². The van der Waals surface area contributed by atoms with Gasteiger partial charge in [-0.1, -0.05) is 0 Å². The molecule has 23 heavy (non-hydrogen) atoms. The molecule has 3 atom stereocenters. The lowest BCUT2D eigenvalue weighted by Gasteiger charge is -2.31. The minimum atomic E-state index is -3.11. The molecule has 3 rings (SSSR count). The van der Waals surface area contributed by atoms with Gasteiger partial charge in [-0.25, -0.2) is 13.2 Å². The van der Waals surface area contributed by atoms with Gasteiger partial charge in [0.25, 0.3) is 5.92 Å². The van der Waals surface area contributed by atoms with Crippen molar-refractivity contribution in [2.24, 2.45) is 5.41 Å². The van der Waals surface area contributed by atoms with Gasteiger partial charge in [-0.2, -0.15) is 5.26 Å². The van der Waals surface area contributed by atoms with Crippen molar-refractivity contribution in [1.29, 1.82) is 5.26 Å². The molecule has 2 fully saturated rings. The largest absolute Gasteiger partial charge is 0.332 e. The molecule has 0 aliphatic carbocycles. The minimum Gasteiger partial charge on any atom is -0.332 e. The molecule has 0 spiro atoms. The molecule has 2 aliphatic heterocycles. The van der Waals surface area contributed by atoms with E-state index < -0.39 is 29.1 Å². The molecule has 2 aliphatic rings. The van der Waals surface area contributed by atoms with Crippen LogP contribution in [0.3, 0.4) is 0 Å². The molecule has 0 aromatic heterocycles. The predicted octanol–water partition coefficient (Wildman–Crippen LogP) is 3.79. The molecular weight excluding hydrogens is 305 g/mol. The Balaban J connectivity index is 1.98. The van der Waals surface area contributed by atoms with Crippen molar-refractivity contribution in [3.05, 3.63) is 35.1 Å². The van der Waals surface area contributed by atoms with E-state index in [4.69, 9.17) is 5.26 Å². The highest BCUT2D eigenvalue weighted by molar-refractivity contribution is 5.87. The van der Waals surface area contributed by atoms with Crippen molar-refractivity contribution in [3.8, 4) is 6.07 Å². The zero-order valence-corrected chi connectivity index (χ0v) is 12.9. The number of carbonyl (C=O) groups excluding carboxylic acids is 1. The van der Waals surface area contributed by atoms with Crippen molar-refractivity contribution in [1.82, 2.24) is 4.90 Å². The maximum absolute atomic E-state index is 13.9. The Morgan fingerprint density at radius 2 is 2.04 bits per heavy atom. The summed E-state index contributed by atoms with van der Waals surface area (Å²) >= 11 is 0. The first-order valence-corrected chi connectivity index (χ1v) is 7.58. The Bertz CT molecular complexity index is 707. The summed E-state index contributed by atoms with van der Waals surface area (Å²) in [5, 5.41) is 8.96. The predicted molar refractivity (Wildman–Crippen MR) is 77.1 cm³/mol. The normalized spacial score (nSPS) is 30.4. The van der Waals surface area contributed by atoms with Crippen LogP contribution in [0.1, 0.15) is 50.3 Å². The summed E-state index contributed by atoms with van der Waals surface area (Å²) in [5.74, 6) is -4.25. The molecule has 0 N–H and O–H groups in total. The van der Waals surface area contributed by atoms with Gasteiger partial charge in [0.2, 0.25) is 5.91 Å². The molecule has 6 heteroatoms. The van der Waals surface area contributed by atoms with E-state index in [-0.39, 0.29) is 18.0 Å². The fraction of sp³-hybridized carbons (Fsp3) is 0.529. The summed E-state index contributed by atoms with van der Waals surface area (Å²) in [4.78, 5) is 14.1. The van der Waals surface area contributed by atoms with Crippen LogP contribution in [0.2, 0.25) is 0 Å². The number of carbonyl (C=O) groups is 1. The topological polar surface area (TPSA) is 44.1 Å². The Labute approximate surface area is 132 Å². The lowest BCUT2D eigenvalue weighted by molar-refractivity contribution is -0.156. The van der Waals surface area contributed by atoms with Gasteiger partial charge < -0.3 is 4.90 Å². The molecular formula is C17H17F3N2O. The highest BCUT2D eigenvalue weighted by Crippen LogP contribution is 2.54. The minimum absolute atomic E-state index is 0.103. The molecule has 1 aromatic rings. The number of rotatable bonds is 2. The smallest absolute Gasteiger partial charge is 0.259 e. The van der Waals surface area contributed by atoms with Gasteiger partial charge in [0, 0.05) is 13.0 Å².